The molecule has 1 unspecified atom stereocenters. The van der Waals surface area contributed by atoms with Crippen LogP contribution in [-0.2, 0) is 16.6 Å². The molecule has 38 heavy (non-hydrogen) atoms. The first-order valence-corrected chi connectivity index (χ1v) is 13.2. The zero-order chi connectivity index (χ0) is 27.1. The van der Waals surface area contributed by atoms with Gasteiger partial charge in [-0.15, -0.1) is 18.3 Å². The van der Waals surface area contributed by atoms with Gasteiger partial charge in [0.2, 0.25) is 10.0 Å². The van der Waals surface area contributed by atoms with Crippen LogP contribution >= 0.6 is 0 Å². The summed E-state index contributed by atoms with van der Waals surface area (Å²) in [6.07, 6.45) is -3.59. The van der Waals surface area contributed by atoms with Gasteiger partial charge in [0.15, 0.2) is 11.2 Å². The first-order chi connectivity index (χ1) is 18.0. The topological polar surface area (TPSA) is 123 Å². The summed E-state index contributed by atoms with van der Waals surface area (Å²) in [5.41, 5.74) is 1.22. The van der Waals surface area contributed by atoms with Gasteiger partial charge in [-0.05, 0) is 49.6 Å². The van der Waals surface area contributed by atoms with Crippen LogP contribution < -0.4 is 10.3 Å². The van der Waals surface area contributed by atoms with Crippen LogP contribution in [0, 0.1) is 6.92 Å². The highest BCUT2D eigenvalue weighted by atomic mass is 32.2. The summed E-state index contributed by atoms with van der Waals surface area (Å²) in [5.74, 6) is -0.393. The van der Waals surface area contributed by atoms with Crippen molar-refractivity contribution in [3.8, 4) is 5.75 Å². The van der Waals surface area contributed by atoms with Crippen LogP contribution in [0.2, 0.25) is 0 Å². The molecule has 1 aliphatic heterocycles. The third-order valence-corrected chi connectivity index (χ3v) is 8.19. The number of ether oxygens (including phenoxy) is 1. The lowest BCUT2D eigenvalue weighted by atomic mass is 9.99. The third kappa shape index (κ3) is 5.41. The number of aromatic amines is 1. The van der Waals surface area contributed by atoms with E-state index in [1.807, 2.05) is 6.92 Å². The maximum Gasteiger partial charge on any atom is 0.573 e. The first kappa shape index (κ1) is 25.9. The van der Waals surface area contributed by atoms with Crippen LogP contribution in [0.5, 0.6) is 5.75 Å². The normalized spacial score (nSPS) is 17.1. The van der Waals surface area contributed by atoms with Crippen molar-refractivity contribution < 1.29 is 26.3 Å². The van der Waals surface area contributed by atoms with Crippen LogP contribution in [0.4, 0.5) is 13.2 Å². The van der Waals surface area contributed by atoms with E-state index in [0.29, 0.717) is 30.8 Å². The number of alkyl halides is 3. The van der Waals surface area contributed by atoms with Crippen LogP contribution in [0.15, 0.2) is 58.2 Å². The molecule has 2 aromatic heterocycles. The largest absolute Gasteiger partial charge is 0.573 e. The summed E-state index contributed by atoms with van der Waals surface area (Å²) < 4.78 is 70.3. The Balaban J connectivity index is 1.39. The predicted molar refractivity (Wildman–Crippen MR) is 130 cm³/mol. The van der Waals surface area contributed by atoms with Gasteiger partial charge in [-0.1, -0.05) is 35.0 Å². The number of sulfonamides is 1. The quantitative estimate of drug-likeness (QED) is 0.392. The van der Waals surface area contributed by atoms with Gasteiger partial charge in [-0.2, -0.15) is 4.31 Å². The van der Waals surface area contributed by atoms with Gasteiger partial charge in [-0.3, -0.25) is 4.79 Å². The SMILES string of the molecule is Cc1ccc(S(=O)(=O)N2CCCC(c3nc4c(nnn4Cc4ccc(OC(F)(F)F)cc4)c(=O)[nH]3)C2)cc1. The molecule has 1 aliphatic rings. The number of hydrogen-bond donors (Lipinski definition) is 1. The minimum absolute atomic E-state index is 0.00529. The summed E-state index contributed by atoms with van der Waals surface area (Å²) in [4.78, 5) is 20.2. The second-order valence-electron chi connectivity index (χ2n) is 9.08. The molecule has 0 aliphatic carbocycles. The maximum absolute atomic E-state index is 13.2. The average Bonchev–Trinajstić information content (AvgIpc) is 3.28. The van der Waals surface area contributed by atoms with E-state index in [2.05, 4.69) is 25.0 Å². The molecule has 0 bridgehead atoms. The Bertz CT molecular complexity index is 1620. The van der Waals surface area contributed by atoms with Crippen LogP contribution in [0.25, 0.3) is 11.2 Å². The number of piperidine rings is 1. The molecule has 0 radical (unpaired) electrons. The lowest BCUT2D eigenvalue weighted by Gasteiger charge is -2.31. The van der Waals surface area contributed by atoms with Gasteiger partial charge in [-0.25, -0.2) is 18.1 Å². The third-order valence-electron chi connectivity index (χ3n) is 6.31. The molecule has 10 nitrogen and oxygen atoms in total. The molecule has 1 N–H and O–H groups in total. The Hall–Kier alpha value is -3.78. The van der Waals surface area contributed by atoms with Gasteiger partial charge in [0, 0.05) is 19.0 Å². The van der Waals surface area contributed by atoms with Crippen molar-refractivity contribution in [2.24, 2.45) is 0 Å². The molecule has 200 valence electrons. The molecule has 1 saturated heterocycles. The number of nitrogens with one attached hydrogen (secondary N) is 1. The minimum atomic E-state index is -4.79. The Morgan fingerprint density at radius 1 is 1.11 bits per heavy atom. The highest BCUT2D eigenvalue weighted by molar-refractivity contribution is 7.89. The fraction of sp³-hybridized carbons (Fsp3) is 0.333. The van der Waals surface area contributed by atoms with Gasteiger partial charge >= 0.3 is 6.36 Å². The number of H-pyrrole nitrogens is 1. The Kier molecular flexibility index (Phi) is 6.69. The predicted octanol–water partition coefficient (Wildman–Crippen LogP) is 3.34. The zero-order valence-corrected chi connectivity index (χ0v) is 21.0. The average molecular weight is 549 g/mol. The number of aryl methyl sites for hydroxylation is 1. The number of rotatable bonds is 6. The van der Waals surface area contributed by atoms with Crippen LogP contribution in [0.1, 0.15) is 35.7 Å². The second-order valence-corrected chi connectivity index (χ2v) is 11.0. The highest BCUT2D eigenvalue weighted by Crippen LogP contribution is 2.29. The van der Waals surface area contributed by atoms with E-state index in [1.165, 1.54) is 33.3 Å². The fourth-order valence-corrected chi connectivity index (χ4v) is 5.92. The van der Waals surface area contributed by atoms with Crippen LogP contribution in [-0.4, -0.2) is 57.1 Å². The van der Waals surface area contributed by atoms with E-state index in [-0.39, 0.29) is 40.8 Å². The van der Waals surface area contributed by atoms with E-state index in [0.717, 1.165) is 5.56 Å². The molecule has 14 heteroatoms. The summed E-state index contributed by atoms with van der Waals surface area (Å²) in [6.45, 7) is 2.47. The molecule has 0 amide bonds. The van der Waals surface area contributed by atoms with Crippen LogP contribution in [0.3, 0.4) is 0 Å². The van der Waals surface area contributed by atoms with E-state index in [9.17, 15) is 26.4 Å². The first-order valence-electron chi connectivity index (χ1n) is 11.7. The molecule has 0 spiro atoms. The van der Waals surface area contributed by atoms with Crippen molar-refractivity contribution in [1.29, 1.82) is 0 Å². The van der Waals surface area contributed by atoms with Crippen molar-refractivity contribution in [3.63, 3.8) is 0 Å². The highest BCUT2D eigenvalue weighted by Gasteiger charge is 2.33. The van der Waals surface area contributed by atoms with Gasteiger partial charge in [0.25, 0.3) is 5.56 Å². The molecule has 1 atom stereocenters. The van der Waals surface area contributed by atoms with E-state index in [1.54, 1.807) is 24.3 Å². The van der Waals surface area contributed by atoms with Crippen molar-refractivity contribution in [1.82, 2.24) is 29.3 Å². The summed E-state index contributed by atoms with van der Waals surface area (Å²) in [5, 5.41) is 7.88. The molecule has 1 fully saturated rings. The summed E-state index contributed by atoms with van der Waals surface area (Å²) in [6, 6.07) is 11.9. The lowest BCUT2D eigenvalue weighted by molar-refractivity contribution is -0.274. The minimum Gasteiger partial charge on any atom is -0.406 e. The fourth-order valence-electron chi connectivity index (χ4n) is 4.40. The van der Waals surface area contributed by atoms with Gasteiger partial charge in [0.1, 0.15) is 11.6 Å². The number of nitrogens with zero attached hydrogens (tertiary/aromatic N) is 5. The Morgan fingerprint density at radius 3 is 2.50 bits per heavy atom. The Morgan fingerprint density at radius 2 is 1.82 bits per heavy atom. The summed E-state index contributed by atoms with van der Waals surface area (Å²) >= 11 is 0. The molecular weight excluding hydrogens is 525 g/mol. The number of benzene rings is 2. The number of fused-ring (bicyclic) bond motifs is 1. The Labute approximate surface area is 215 Å². The van der Waals surface area contributed by atoms with E-state index >= 15 is 0 Å². The van der Waals surface area contributed by atoms with E-state index < -0.39 is 21.9 Å². The lowest BCUT2D eigenvalue weighted by Crippen LogP contribution is -2.39. The van der Waals surface area contributed by atoms with Gasteiger partial charge < -0.3 is 9.72 Å². The van der Waals surface area contributed by atoms with Crippen molar-refractivity contribution in [2.75, 3.05) is 13.1 Å². The molecule has 4 aromatic rings. The number of halogens is 3. The smallest absolute Gasteiger partial charge is 0.406 e. The number of aromatic nitrogens is 5. The standard InChI is InChI=1S/C24H23F3N6O4S/c1-15-4-10-19(11-5-15)38(35,36)32-12-2-3-17(14-32)21-28-22-20(23(34)29-21)30-31-33(22)13-16-6-8-18(9-7-16)37-24(25,26)27/h4-11,17H,2-3,12-14H2,1H3,(H,28,29,34). The van der Waals surface area contributed by atoms with Crippen molar-refractivity contribution in [3.05, 3.63) is 75.8 Å². The molecular formula is C24H23F3N6O4S. The van der Waals surface area contributed by atoms with E-state index in [4.69, 9.17) is 0 Å². The maximum atomic E-state index is 13.2. The molecule has 3 heterocycles. The van der Waals surface area contributed by atoms with Crippen molar-refractivity contribution in [2.45, 2.75) is 43.5 Å². The molecule has 5 rings (SSSR count). The van der Waals surface area contributed by atoms with Gasteiger partial charge in [0.05, 0.1) is 11.4 Å². The zero-order valence-electron chi connectivity index (χ0n) is 20.1. The number of hydrogen-bond acceptors (Lipinski definition) is 7. The second kappa shape index (κ2) is 9.83. The summed E-state index contributed by atoms with van der Waals surface area (Å²) in [7, 11) is -3.72. The molecule has 2 aromatic carbocycles. The van der Waals surface area contributed by atoms with Crippen molar-refractivity contribution >= 4 is 21.2 Å². The monoisotopic (exact) mass is 548 g/mol. The molecule has 0 saturated carbocycles.